The van der Waals surface area contributed by atoms with E-state index in [4.69, 9.17) is 23.2 Å². The van der Waals surface area contributed by atoms with E-state index in [0.29, 0.717) is 40.4 Å². The van der Waals surface area contributed by atoms with Crippen LogP contribution in [0.2, 0.25) is 9.36 Å². The van der Waals surface area contributed by atoms with Gasteiger partial charge in [-0.25, -0.2) is 13.4 Å². The highest BCUT2D eigenvalue weighted by molar-refractivity contribution is 7.91. The number of halogens is 2. The zero-order valence-electron chi connectivity index (χ0n) is 14.4. The molecule has 1 aromatic carbocycles. The van der Waals surface area contributed by atoms with Crippen molar-refractivity contribution in [2.24, 2.45) is 5.92 Å². The molecule has 1 amide bonds. The van der Waals surface area contributed by atoms with Crippen LogP contribution in [0.1, 0.15) is 12.8 Å². The van der Waals surface area contributed by atoms with Crippen molar-refractivity contribution in [1.29, 1.82) is 0 Å². The Balaban J connectivity index is 1.39. The van der Waals surface area contributed by atoms with Gasteiger partial charge in [-0.2, -0.15) is 4.31 Å². The molecule has 2 aromatic heterocycles. The number of hydrogen-bond acceptors (Lipinski definition) is 6. The minimum absolute atomic E-state index is 0.138. The molecule has 1 saturated heterocycles. The summed E-state index contributed by atoms with van der Waals surface area (Å²) in [7, 11) is -3.56. The smallest absolute Gasteiger partial charge is 0.252 e. The second-order valence-corrected chi connectivity index (χ2v) is 11.7. The van der Waals surface area contributed by atoms with Crippen LogP contribution in [-0.2, 0) is 14.8 Å². The van der Waals surface area contributed by atoms with Crippen LogP contribution in [0.3, 0.4) is 0 Å². The summed E-state index contributed by atoms with van der Waals surface area (Å²) in [6, 6.07) is 8.46. The summed E-state index contributed by atoms with van der Waals surface area (Å²) in [5, 5.41) is 3.99. The average Bonchev–Trinajstić information content (AvgIpc) is 3.27. The number of aromatic nitrogens is 1. The molecule has 1 fully saturated rings. The highest BCUT2D eigenvalue weighted by atomic mass is 35.5. The minimum atomic E-state index is -3.56. The molecule has 4 rings (SSSR count). The molecule has 28 heavy (non-hydrogen) atoms. The zero-order valence-corrected chi connectivity index (χ0v) is 18.4. The number of thiazole rings is 1. The molecule has 0 unspecified atom stereocenters. The number of hydrogen-bond donors (Lipinski definition) is 1. The number of carbonyl (C=O) groups excluding carboxylic acids is 1. The Bertz CT molecular complexity index is 1130. The van der Waals surface area contributed by atoms with Crippen molar-refractivity contribution in [1.82, 2.24) is 9.29 Å². The molecule has 0 bridgehead atoms. The number of piperidine rings is 1. The summed E-state index contributed by atoms with van der Waals surface area (Å²) in [4.78, 5) is 17.0. The number of carbonyl (C=O) groups is 1. The predicted octanol–water partition coefficient (Wildman–Crippen LogP) is 4.70. The monoisotopic (exact) mass is 475 g/mol. The van der Waals surface area contributed by atoms with Crippen LogP contribution in [0.5, 0.6) is 0 Å². The second kappa shape index (κ2) is 7.89. The number of fused-ring (bicyclic) bond motifs is 1. The fraction of sp³-hybridized carbons (Fsp3) is 0.294. The molecule has 3 aromatic rings. The Morgan fingerprint density at radius 2 is 1.89 bits per heavy atom. The first-order chi connectivity index (χ1) is 13.3. The Labute approximate surface area is 180 Å². The maximum Gasteiger partial charge on any atom is 0.252 e. The van der Waals surface area contributed by atoms with Gasteiger partial charge in [-0.3, -0.25) is 4.79 Å². The number of thiophene rings is 1. The number of sulfonamides is 1. The molecular weight excluding hydrogens is 461 g/mol. The Morgan fingerprint density at radius 3 is 2.57 bits per heavy atom. The zero-order chi connectivity index (χ0) is 19.9. The summed E-state index contributed by atoms with van der Waals surface area (Å²) in [5.74, 6) is -0.393. The van der Waals surface area contributed by atoms with E-state index in [2.05, 4.69) is 10.3 Å². The number of rotatable bonds is 4. The standard InChI is InChI=1S/C17H15Cl2N3O3S3/c18-11-1-2-12-13(9-11)26-17(20-12)21-16(23)10-5-7-22(8-6-10)28(24,25)15-4-3-14(19)27-15/h1-4,9-10H,5-8H2,(H,20,21,23). The molecule has 0 atom stereocenters. The Hall–Kier alpha value is -1.23. The molecule has 1 aliphatic heterocycles. The average molecular weight is 476 g/mol. The minimum Gasteiger partial charge on any atom is -0.302 e. The highest BCUT2D eigenvalue weighted by Crippen LogP contribution is 2.32. The van der Waals surface area contributed by atoms with Crippen LogP contribution >= 0.6 is 45.9 Å². The summed E-state index contributed by atoms with van der Waals surface area (Å²) in [5.41, 5.74) is 0.778. The van der Waals surface area contributed by atoms with Gasteiger partial charge < -0.3 is 5.32 Å². The van der Waals surface area contributed by atoms with Crippen molar-refractivity contribution in [2.75, 3.05) is 18.4 Å². The summed E-state index contributed by atoms with van der Waals surface area (Å²) >= 11 is 14.2. The number of nitrogens with one attached hydrogen (secondary N) is 1. The maximum absolute atomic E-state index is 12.7. The van der Waals surface area contributed by atoms with Gasteiger partial charge in [-0.1, -0.05) is 34.5 Å². The molecule has 0 spiro atoms. The van der Waals surface area contributed by atoms with Crippen molar-refractivity contribution in [3.8, 4) is 0 Å². The fourth-order valence-corrected chi connectivity index (χ4v) is 7.33. The van der Waals surface area contributed by atoms with Gasteiger partial charge in [0.2, 0.25) is 5.91 Å². The SMILES string of the molecule is O=C(Nc1nc2ccc(Cl)cc2s1)C1CCN(S(=O)(=O)c2ccc(Cl)s2)CC1. The van der Waals surface area contributed by atoms with Crippen LogP contribution in [0, 0.1) is 5.92 Å². The lowest BCUT2D eigenvalue weighted by Gasteiger charge is -2.29. The van der Waals surface area contributed by atoms with Crippen molar-refractivity contribution >= 4 is 77.2 Å². The topological polar surface area (TPSA) is 79.4 Å². The van der Waals surface area contributed by atoms with E-state index in [-0.39, 0.29) is 16.0 Å². The predicted molar refractivity (Wildman–Crippen MR) is 114 cm³/mol. The number of anilines is 1. The van der Waals surface area contributed by atoms with Gasteiger partial charge in [0, 0.05) is 24.0 Å². The van der Waals surface area contributed by atoms with Crippen LogP contribution in [0.15, 0.2) is 34.5 Å². The lowest BCUT2D eigenvalue weighted by Crippen LogP contribution is -2.41. The third-order valence-corrected chi connectivity index (χ3v) is 9.31. The van der Waals surface area contributed by atoms with Gasteiger partial charge >= 0.3 is 0 Å². The second-order valence-electron chi connectivity index (χ2n) is 6.36. The largest absolute Gasteiger partial charge is 0.302 e. The number of benzene rings is 1. The highest BCUT2D eigenvalue weighted by Gasteiger charge is 2.33. The fourth-order valence-electron chi connectivity index (χ4n) is 3.08. The first-order valence-electron chi connectivity index (χ1n) is 8.45. The Morgan fingerprint density at radius 1 is 1.14 bits per heavy atom. The Kier molecular flexibility index (Phi) is 5.65. The third-order valence-electron chi connectivity index (χ3n) is 4.55. The van der Waals surface area contributed by atoms with E-state index in [9.17, 15) is 13.2 Å². The quantitative estimate of drug-likeness (QED) is 0.592. The number of amides is 1. The van der Waals surface area contributed by atoms with Crippen LogP contribution in [0.4, 0.5) is 5.13 Å². The summed E-state index contributed by atoms with van der Waals surface area (Å²) in [6.07, 6.45) is 0.918. The first kappa shape index (κ1) is 20.1. The van der Waals surface area contributed by atoms with E-state index in [1.807, 2.05) is 12.1 Å². The van der Waals surface area contributed by atoms with Crippen LogP contribution < -0.4 is 5.32 Å². The van der Waals surface area contributed by atoms with E-state index in [0.717, 1.165) is 21.6 Å². The van der Waals surface area contributed by atoms with Gasteiger partial charge in [0.15, 0.2) is 5.13 Å². The lowest BCUT2D eigenvalue weighted by atomic mass is 9.97. The molecule has 3 heterocycles. The normalized spacial score (nSPS) is 16.5. The van der Waals surface area contributed by atoms with Crippen molar-refractivity contribution in [3.05, 3.63) is 39.7 Å². The van der Waals surface area contributed by atoms with Gasteiger partial charge in [-0.05, 0) is 43.2 Å². The molecule has 0 aliphatic carbocycles. The summed E-state index contributed by atoms with van der Waals surface area (Å²) < 4.78 is 28.3. The third kappa shape index (κ3) is 4.05. The van der Waals surface area contributed by atoms with Gasteiger partial charge in [0.25, 0.3) is 10.0 Å². The van der Waals surface area contributed by atoms with E-state index in [1.165, 1.54) is 21.7 Å². The van der Waals surface area contributed by atoms with Gasteiger partial charge in [0.1, 0.15) is 4.21 Å². The summed E-state index contributed by atoms with van der Waals surface area (Å²) in [6.45, 7) is 0.594. The molecule has 0 saturated carbocycles. The molecular formula is C17H15Cl2N3O3S3. The lowest BCUT2D eigenvalue weighted by molar-refractivity contribution is -0.120. The van der Waals surface area contributed by atoms with Crippen molar-refractivity contribution in [2.45, 2.75) is 17.1 Å². The molecule has 0 radical (unpaired) electrons. The molecule has 148 valence electrons. The first-order valence-corrected chi connectivity index (χ1v) is 12.3. The van der Waals surface area contributed by atoms with Gasteiger partial charge in [0.05, 0.1) is 14.6 Å². The van der Waals surface area contributed by atoms with Gasteiger partial charge in [-0.15, -0.1) is 11.3 Å². The van der Waals surface area contributed by atoms with Crippen molar-refractivity contribution in [3.63, 3.8) is 0 Å². The van der Waals surface area contributed by atoms with E-state index < -0.39 is 10.0 Å². The molecule has 11 heteroatoms. The van der Waals surface area contributed by atoms with E-state index in [1.54, 1.807) is 12.1 Å². The van der Waals surface area contributed by atoms with Crippen LogP contribution in [-0.4, -0.2) is 36.7 Å². The van der Waals surface area contributed by atoms with Crippen molar-refractivity contribution < 1.29 is 13.2 Å². The van der Waals surface area contributed by atoms with E-state index >= 15 is 0 Å². The molecule has 1 aliphatic rings. The maximum atomic E-state index is 12.7. The number of nitrogens with zero attached hydrogens (tertiary/aromatic N) is 2. The molecule has 1 N–H and O–H groups in total. The van der Waals surface area contributed by atoms with Crippen LogP contribution in [0.25, 0.3) is 10.2 Å². The molecule has 6 nitrogen and oxygen atoms in total.